The molecule has 9 heteroatoms. The van der Waals surface area contributed by atoms with Gasteiger partial charge in [0.2, 0.25) is 5.13 Å². The molecule has 0 saturated carbocycles. The first-order valence-corrected chi connectivity index (χ1v) is 8.78. The first kappa shape index (κ1) is 15.8. The van der Waals surface area contributed by atoms with Gasteiger partial charge in [0.25, 0.3) is 0 Å². The van der Waals surface area contributed by atoms with E-state index in [0.29, 0.717) is 17.5 Å². The molecule has 0 aliphatic carbocycles. The number of hydrogen-bond acceptors (Lipinski definition) is 7. The fraction of sp³-hybridized carbons (Fsp3) is 0.286. The highest BCUT2D eigenvalue weighted by Crippen LogP contribution is 2.29. The lowest BCUT2D eigenvalue weighted by atomic mass is 10.3. The highest BCUT2D eigenvalue weighted by molar-refractivity contribution is 8.00. The number of para-hydroxylation sites is 2. The van der Waals surface area contributed by atoms with Crippen LogP contribution in [0.2, 0.25) is 0 Å². The van der Waals surface area contributed by atoms with Crippen molar-refractivity contribution in [1.29, 1.82) is 0 Å². The van der Waals surface area contributed by atoms with Crippen LogP contribution in [-0.4, -0.2) is 32.4 Å². The van der Waals surface area contributed by atoms with Crippen molar-refractivity contribution in [3.63, 3.8) is 0 Å². The van der Waals surface area contributed by atoms with Crippen molar-refractivity contribution in [2.75, 3.05) is 11.9 Å². The second-order valence-electron chi connectivity index (χ2n) is 4.58. The summed E-state index contributed by atoms with van der Waals surface area (Å²) in [4.78, 5) is 15.9. The van der Waals surface area contributed by atoms with Crippen LogP contribution in [0.15, 0.2) is 28.6 Å². The summed E-state index contributed by atoms with van der Waals surface area (Å²) in [6.07, 6.45) is -0.518. The number of rotatable bonds is 5. The molecule has 0 atom stereocenters. The third kappa shape index (κ3) is 3.62. The van der Waals surface area contributed by atoms with Crippen LogP contribution < -0.4 is 5.32 Å². The molecule has 1 N–H and O–H groups in total. The van der Waals surface area contributed by atoms with Crippen molar-refractivity contribution >= 4 is 45.4 Å². The van der Waals surface area contributed by atoms with Crippen LogP contribution >= 0.6 is 23.1 Å². The first-order valence-electron chi connectivity index (χ1n) is 6.97. The third-order valence-electron chi connectivity index (χ3n) is 3.10. The summed E-state index contributed by atoms with van der Waals surface area (Å²) in [5.41, 5.74) is 2.08. The number of imidazole rings is 1. The second-order valence-corrected chi connectivity index (χ2v) is 6.78. The minimum atomic E-state index is -0.518. The third-order valence-corrected chi connectivity index (χ3v) is 5.06. The van der Waals surface area contributed by atoms with E-state index in [0.717, 1.165) is 21.2 Å². The van der Waals surface area contributed by atoms with Crippen molar-refractivity contribution in [2.45, 2.75) is 17.0 Å². The summed E-state index contributed by atoms with van der Waals surface area (Å²) >= 11 is 2.84. The van der Waals surface area contributed by atoms with E-state index in [4.69, 9.17) is 4.74 Å². The maximum atomic E-state index is 11.3. The number of amides is 1. The number of ether oxygens (including phenoxy) is 1. The van der Waals surface area contributed by atoms with Gasteiger partial charge in [0.15, 0.2) is 4.34 Å². The highest BCUT2D eigenvalue weighted by Gasteiger charge is 2.11. The Bertz CT molecular complexity index is 830. The largest absolute Gasteiger partial charge is 0.450 e. The first-order chi connectivity index (χ1) is 11.2. The van der Waals surface area contributed by atoms with Crippen molar-refractivity contribution < 1.29 is 9.53 Å². The molecule has 3 aromatic rings. The number of carbonyl (C=O) groups excluding carboxylic acids is 1. The maximum Gasteiger partial charge on any atom is 0.413 e. The molecule has 0 spiro atoms. The highest BCUT2D eigenvalue weighted by atomic mass is 32.2. The van der Waals surface area contributed by atoms with Gasteiger partial charge in [-0.05, 0) is 19.1 Å². The molecule has 3 rings (SSSR count). The number of fused-ring (bicyclic) bond motifs is 1. The average Bonchev–Trinajstić information content (AvgIpc) is 3.11. The van der Waals surface area contributed by atoms with E-state index in [1.165, 1.54) is 23.1 Å². The maximum absolute atomic E-state index is 11.3. The summed E-state index contributed by atoms with van der Waals surface area (Å²) in [7, 11) is 2.00. The number of nitrogens with zero attached hydrogens (tertiary/aromatic N) is 4. The van der Waals surface area contributed by atoms with Gasteiger partial charge in [-0.1, -0.05) is 35.2 Å². The minimum absolute atomic E-state index is 0.318. The fourth-order valence-corrected chi connectivity index (χ4v) is 3.75. The Hall–Kier alpha value is -2.13. The van der Waals surface area contributed by atoms with E-state index >= 15 is 0 Å². The van der Waals surface area contributed by atoms with E-state index in [-0.39, 0.29) is 0 Å². The SMILES string of the molecule is CCOC(=O)Nc1nnc(SCc2nc3ccccc3n2C)s1. The lowest BCUT2D eigenvalue weighted by Gasteiger charge is -2.00. The van der Waals surface area contributed by atoms with Crippen LogP contribution in [0.1, 0.15) is 12.7 Å². The molecule has 1 amide bonds. The molecule has 1 aromatic carbocycles. The van der Waals surface area contributed by atoms with Crippen LogP contribution in [-0.2, 0) is 17.5 Å². The van der Waals surface area contributed by atoms with Crippen LogP contribution in [0.4, 0.5) is 9.93 Å². The molecular weight excluding hydrogens is 334 g/mol. The molecule has 2 heterocycles. The van der Waals surface area contributed by atoms with Crippen molar-refractivity contribution in [1.82, 2.24) is 19.7 Å². The standard InChI is InChI=1S/C14H15N5O2S2/c1-3-21-13(20)16-12-17-18-14(23-12)22-8-11-15-9-6-4-5-7-10(9)19(11)2/h4-7H,3,8H2,1-2H3,(H,16,17,20). The van der Waals surface area contributed by atoms with Gasteiger partial charge >= 0.3 is 6.09 Å². The number of hydrogen-bond donors (Lipinski definition) is 1. The molecular formula is C14H15N5O2S2. The Balaban J connectivity index is 1.65. The van der Waals surface area contributed by atoms with Crippen molar-refractivity contribution in [3.05, 3.63) is 30.1 Å². The number of nitrogens with one attached hydrogen (secondary N) is 1. The molecule has 0 aliphatic heterocycles. The molecule has 0 bridgehead atoms. The number of benzene rings is 1. The number of thioether (sulfide) groups is 1. The van der Waals surface area contributed by atoms with Gasteiger partial charge in [0.05, 0.1) is 23.4 Å². The van der Waals surface area contributed by atoms with E-state index in [2.05, 4.69) is 25.1 Å². The van der Waals surface area contributed by atoms with Gasteiger partial charge in [0.1, 0.15) is 5.82 Å². The molecule has 2 aromatic heterocycles. The monoisotopic (exact) mass is 349 g/mol. The van der Waals surface area contributed by atoms with Crippen LogP contribution in [0.25, 0.3) is 11.0 Å². The normalized spacial score (nSPS) is 10.9. The summed E-state index contributed by atoms with van der Waals surface area (Å²) < 4.78 is 7.64. The van der Waals surface area contributed by atoms with Gasteiger partial charge in [-0.3, -0.25) is 5.32 Å². The van der Waals surface area contributed by atoms with Crippen LogP contribution in [0, 0.1) is 0 Å². The Kier molecular flexibility index (Phi) is 4.77. The lowest BCUT2D eigenvalue weighted by Crippen LogP contribution is -2.12. The fourth-order valence-electron chi connectivity index (χ4n) is 2.02. The zero-order valence-electron chi connectivity index (χ0n) is 12.6. The summed E-state index contributed by atoms with van der Waals surface area (Å²) in [5, 5.41) is 10.9. The second kappa shape index (κ2) is 6.97. The van der Waals surface area contributed by atoms with Crippen molar-refractivity contribution in [3.8, 4) is 0 Å². The van der Waals surface area contributed by atoms with Gasteiger partial charge < -0.3 is 9.30 Å². The molecule has 120 valence electrons. The molecule has 0 saturated heterocycles. The number of anilines is 1. The van der Waals surface area contributed by atoms with Gasteiger partial charge in [0, 0.05) is 7.05 Å². The quantitative estimate of drug-likeness (QED) is 0.562. The molecule has 0 unspecified atom stereocenters. The van der Waals surface area contributed by atoms with Crippen LogP contribution in [0.3, 0.4) is 0 Å². The van der Waals surface area contributed by atoms with E-state index < -0.39 is 6.09 Å². The predicted octanol–water partition coefficient (Wildman–Crippen LogP) is 3.29. The van der Waals surface area contributed by atoms with E-state index in [9.17, 15) is 4.79 Å². The Morgan fingerprint density at radius 1 is 1.39 bits per heavy atom. The summed E-state index contributed by atoms with van der Waals surface area (Å²) in [6, 6.07) is 8.02. The molecule has 0 radical (unpaired) electrons. The Morgan fingerprint density at radius 3 is 3.00 bits per heavy atom. The summed E-state index contributed by atoms with van der Waals surface area (Å²) in [5.74, 6) is 1.64. The Morgan fingerprint density at radius 2 is 2.22 bits per heavy atom. The zero-order chi connectivity index (χ0) is 16.2. The lowest BCUT2D eigenvalue weighted by molar-refractivity contribution is 0.168. The predicted molar refractivity (Wildman–Crippen MR) is 90.8 cm³/mol. The minimum Gasteiger partial charge on any atom is -0.450 e. The number of carbonyl (C=O) groups is 1. The van der Waals surface area contributed by atoms with Gasteiger partial charge in [-0.25, -0.2) is 9.78 Å². The molecule has 7 nitrogen and oxygen atoms in total. The van der Waals surface area contributed by atoms with E-state index in [1.54, 1.807) is 6.92 Å². The molecule has 0 aliphatic rings. The van der Waals surface area contributed by atoms with E-state index in [1.807, 2.05) is 31.3 Å². The van der Waals surface area contributed by atoms with Gasteiger partial charge in [-0.15, -0.1) is 10.2 Å². The Labute approximate surface area is 141 Å². The average molecular weight is 349 g/mol. The number of aromatic nitrogens is 4. The van der Waals surface area contributed by atoms with Gasteiger partial charge in [-0.2, -0.15) is 0 Å². The molecule has 0 fully saturated rings. The smallest absolute Gasteiger partial charge is 0.413 e. The molecule has 23 heavy (non-hydrogen) atoms. The topological polar surface area (TPSA) is 81.9 Å². The number of aryl methyl sites for hydroxylation is 1. The van der Waals surface area contributed by atoms with Crippen molar-refractivity contribution in [2.24, 2.45) is 7.05 Å². The summed E-state index contributed by atoms with van der Waals surface area (Å²) in [6.45, 7) is 2.07. The van der Waals surface area contributed by atoms with Crippen LogP contribution in [0.5, 0.6) is 0 Å². The zero-order valence-corrected chi connectivity index (χ0v) is 14.3.